The van der Waals surface area contributed by atoms with Gasteiger partial charge < -0.3 is 14.4 Å². The molecular formula is C11H21NO3. The number of rotatable bonds is 3. The molecule has 0 saturated carbocycles. The Bertz CT molecular complexity index is 200. The molecule has 0 aromatic heterocycles. The number of amides is 1. The van der Waals surface area contributed by atoms with Gasteiger partial charge in [0.2, 0.25) is 0 Å². The van der Waals surface area contributed by atoms with Crippen molar-refractivity contribution in [2.45, 2.75) is 32.8 Å². The zero-order valence-electron chi connectivity index (χ0n) is 9.86. The lowest BCUT2D eigenvalue weighted by Gasteiger charge is -2.27. The van der Waals surface area contributed by atoms with Crippen LogP contribution in [0.1, 0.15) is 26.7 Å². The molecule has 0 aromatic carbocycles. The predicted molar refractivity (Wildman–Crippen MR) is 57.8 cm³/mol. The molecule has 1 rings (SSSR count). The summed E-state index contributed by atoms with van der Waals surface area (Å²) in [6.07, 6.45) is 1.94. The van der Waals surface area contributed by atoms with Crippen LogP contribution in [0.25, 0.3) is 0 Å². The predicted octanol–water partition coefficient (Wildman–Crippen LogP) is 1.89. The van der Waals surface area contributed by atoms with Crippen molar-refractivity contribution in [2.75, 3.05) is 26.8 Å². The molecule has 0 N–H and O–H groups in total. The van der Waals surface area contributed by atoms with Crippen LogP contribution < -0.4 is 0 Å². The highest BCUT2D eigenvalue weighted by Gasteiger charge is 2.19. The Morgan fingerprint density at radius 3 is 2.87 bits per heavy atom. The lowest BCUT2D eigenvalue weighted by molar-refractivity contribution is 0.0341. The summed E-state index contributed by atoms with van der Waals surface area (Å²) in [5.74, 6) is 0.462. The molecule has 0 aromatic rings. The van der Waals surface area contributed by atoms with Crippen molar-refractivity contribution < 1.29 is 14.3 Å². The highest BCUT2D eigenvalue weighted by Crippen LogP contribution is 2.14. The van der Waals surface area contributed by atoms with Crippen LogP contribution in [-0.4, -0.2) is 43.9 Å². The van der Waals surface area contributed by atoms with Crippen molar-refractivity contribution in [1.29, 1.82) is 0 Å². The number of carbonyl (C=O) groups is 1. The number of nitrogens with zero attached hydrogens (tertiary/aromatic N) is 1. The molecule has 1 fully saturated rings. The van der Waals surface area contributed by atoms with Crippen molar-refractivity contribution in [3.63, 3.8) is 0 Å². The van der Waals surface area contributed by atoms with Gasteiger partial charge in [0.15, 0.2) is 0 Å². The molecular weight excluding hydrogens is 194 g/mol. The van der Waals surface area contributed by atoms with Crippen LogP contribution in [0, 0.1) is 5.92 Å². The first-order chi connectivity index (χ1) is 7.09. The second-order valence-electron chi connectivity index (χ2n) is 4.40. The van der Waals surface area contributed by atoms with E-state index in [9.17, 15) is 4.79 Å². The number of hydrogen-bond donors (Lipinski definition) is 0. The summed E-state index contributed by atoms with van der Waals surface area (Å²) >= 11 is 0. The highest BCUT2D eigenvalue weighted by molar-refractivity contribution is 5.67. The molecule has 4 heteroatoms. The van der Waals surface area contributed by atoms with Gasteiger partial charge in [-0.05, 0) is 26.7 Å². The standard InChI is InChI=1S/C11H21NO3/c1-9(2)15-11(13)12(3)7-10-5-4-6-14-8-10/h9-10H,4-8H2,1-3H3. The Hall–Kier alpha value is -0.770. The summed E-state index contributed by atoms with van der Waals surface area (Å²) in [6, 6.07) is 0. The van der Waals surface area contributed by atoms with Gasteiger partial charge in [0.1, 0.15) is 0 Å². The molecule has 88 valence electrons. The molecule has 0 aliphatic carbocycles. The van der Waals surface area contributed by atoms with Crippen molar-refractivity contribution in [2.24, 2.45) is 5.92 Å². The molecule has 1 heterocycles. The maximum Gasteiger partial charge on any atom is 0.409 e. The van der Waals surface area contributed by atoms with Crippen LogP contribution in [0.15, 0.2) is 0 Å². The SMILES string of the molecule is CC(C)OC(=O)N(C)CC1CCCOC1. The largest absolute Gasteiger partial charge is 0.447 e. The lowest BCUT2D eigenvalue weighted by atomic mass is 10.0. The summed E-state index contributed by atoms with van der Waals surface area (Å²) in [4.78, 5) is 13.1. The van der Waals surface area contributed by atoms with Crippen molar-refractivity contribution in [3.8, 4) is 0 Å². The number of ether oxygens (including phenoxy) is 2. The maximum absolute atomic E-state index is 11.5. The van der Waals surface area contributed by atoms with Crippen LogP contribution in [-0.2, 0) is 9.47 Å². The van der Waals surface area contributed by atoms with Crippen LogP contribution in [0.2, 0.25) is 0 Å². The van der Waals surface area contributed by atoms with E-state index in [-0.39, 0.29) is 12.2 Å². The van der Waals surface area contributed by atoms with Crippen LogP contribution in [0.3, 0.4) is 0 Å². The van der Waals surface area contributed by atoms with E-state index in [1.807, 2.05) is 13.8 Å². The summed E-state index contributed by atoms with van der Waals surface area (Å²) in [5.41, 5.74) is 0. The Morgan fingerprint density at radius 1 is 1.60 bits per heavy atom. The third-order valence-corrected chi connectivity index (χ3v) is 2.43. The van der Waals surface area contributed by atoms with E-state index in [1.165, 1.54) is 0 Å². The zero-order valence-corrected chi connectivity index (χ0v) is 9.86. The van der Waals surface area contributed by atoms with Gasteiger partial charge in [0.05, 0.1) is 12.7 Å². The average molecular weight is 215 g/mol. The molecule has 4 nitrogen and oxygen atoms in total. The van der Waals surface area contributed by atoms with Crippen LogP contribution in [0.4, 0.5) is 4.79 Å². The zero-order chi connectivity index (χ0) is 11.3. The molecule has 1 aliphatic rings. The monoisotopic (exact) mass is 215 g/mol. The first-order valence-corrected chi connectivity index (χ1v) is 5.59. The highest BCUT2D eigenvalue weighted by atomic mass is 16.6. The normalized spacial score (nSPS) is 21.5. The summed E-state index contributed by atoms with van der Waals surface area (Å²) < 4.78 is 10.5. The van der Waals surface area contributed by atoms with E-state index in [0.717, 1.165) is 32.6 Å². The van der Waals surface area contributed by atoms with Gasteiger partial charge in [-0.2, -0.15) is 0 Å². The van der Waals surface area contributed by atoms with Crippen molar-refractivity contribution >= 4 is 6.09 Å². The summed E-state index contributed by atoms with van der Waals surface area (Å²) in [6.45, 7) is 6.06. The topological polar surface area (TPSA) is 38.8 Å². The Balaban J connectivity index is 2.26. The Kier molecular flexibility index (Phi) is 4.88. The molecule has 15 heavy (non-hydrogen) atoms. The van der Waals surface area contributed by atoms with E-state index >= 15 is 0 Å². The summed E-state index contributed by atoms with van der Waals surface area (Å²) in [7, 11) is 1.78. The molecule has 1 aliphatic heterocycles. The molecule has 0 radical (unpaired) electrons. The van der Waals surface area contributed by atoms with E-state index in [2.05, 4.69) is 0 Å². The fraction of sp³-hybridized carbons (Fsp3) is 0.909. The van der Waals surface area contributed by atoms with Crippen molar-refractivity contribution in [1.82, 2.24) is 4.90 Å². The maximum atomic E-state index is 11.5. The van der Waals surface area contributed by atoms with Gasteiger partial charge in [-0.25, -0.2) is 4.79 Å². The van der Waals surface area contributed by atoms with Crippen LogP contribution in [0.5, 0.6) is 0 Å². The quantitative estimate of drug-likeness (QED) is 0.721. The fourth-order valence-electron chi connectivity index (χ4n) is 1.70. The van der Waals surface area contributed by atoms with E-state index in [0.29, 0.717) is 5.92 Å². The lowest BCUT2D eigenvalue weighted by Crippen LogP contribution is -2.36. The first-order valence-electron chi connectivity index (χ1n) is 5.59. The van der Waals surface area contributed by atoms with Gasteiger partial charge in [-0.15, -0.1) is 0 Å². The Labute approximate surface area is 91.5 Å². The molecule has 1 saturated heterocycles. The fourth-order valence-corrected chi connectivity index (χ4v) is 1.70. The molecule has 0 spiro atoms. The average Bonchev–Trinajstić information content (AvgIpc) is 2.18. The second-order valence-corrected chi connectivity index (χ2v) is 4.40. The first kappa shape index (κ1) is 12.3. The van der Waals surface area contributed by atoms with Gasteiger partial charge in [0.25, 0.3) is 0 Å². The summed E-state index contributed by atoms with van der Waals surface area (Å²) in [5, 5.41) is 0. The van der Waals surface area contributed by atoms with Gasteiger partial charge >= 0.3 is 6.09 Å². The van der Waals surface area contributed by atoms with E-state index in [4.69, 9.17) is 9.47 Å². The molecule has 0 bridgehead atoms. The van der Waals surface area contributed by atoms with E-state index < -0.39 is 0 Å². The van der Waals surface area contributed by atoms with Crippen LogP contribution >= 0.6 is 0 Å². The van der Waals surface area contributed by atoms with Gasteiger partial charge in [-0.1, -0.05) is 0 Å². The minimum Gasteiger partial charge on any atom is -0.447 e. The third-order valence-electron chi connectivity index (χ3n) is 2.43. The molecule has 1 unspecified atom stereocenters. The third kappa shape index (κ3) is 4.51. The second kappa shape index (κ2) is 5.95. The smallest absolute Gasteiger partial charge is 0.409 e. The minimum atomic E-state index is -0.240. The van der Waals surface area contributed by atoms with Gasteiger partial charge in [0, 0.05) is 26.1 Å². The minimum absolute atomic E-state index is 0.0532. The van der Waals surface area contributed by atoms with E-state index in [1.54, 1.807) is 11.9 Å². The Morgan fingerprint density at radius 2 is 2.33 bits per heavy atom. The van der Waals surface area contributed by atoms with Crippen molar-refractivity contribution in [3.05, 3.63) is 0 Å². The molecule has 1 amide bonds. The van der Waals surface area contributed by atoms with Gasteiger partial charge in [-0.3, -0.25) is 0 Å². The number of carbonyl (C=O) groups excluding carboxylic acids is 1. The number of hydrogen-bond acceptors (Lipinski definition) is 3. The molecule has 1 atom stereocenters.